The van der Waals surface area contributed by atoms with E-state index in [1.165, 1.54) is 19.3 Å². The molecule has 1 aliphatic rings. The zero-order valence-corrected chi connectivity index (χ0v) is 13.0. The third-order valence-corrected chi connectivity index (χ3v) is 4.96. The lowest BCUT2D eigenvalue weighted by atomic mass is 9.75. The van der Waals surface area contributed by atoms with Gasteiger partial charge >= 0.3 is 0 Å². The molecule has 0 radical (unpaired) electrons. The van der Waals surface area contributed by atoms with Gasteiger partial charge in [0.1, 0.15) is 0 Å². The number of carbonyl (C=O) groups is 1. The van der Waals surface area contributed by atoms with Gasteiger partial charge in [-0.3, -0.25) is 4.79 Å². The maximum atomic E-state index is 11.6. The van der Waals surface area contributed by atoms with E-state index in [-0.39, 0.29) is 5.91 Å². The smallest absolute Gasteiger partial charge is 0.229 e. The van der Waals surface area contributed by atoms with Crippen LogP contribution < -0.4 is 10.6 Å². The first kappa shape index (κ1) is 15.8. The van der Waals surface area contributed by atoms with E-state index in [0.29, 0.717) is 22.5 Å². The molecule has 1 amide bonds. The number of nitrogens with one attached hydrogen (secondary N) is 2. The molecule has 106 valence electrons. The third-order valence-electron chi connectivity index (χ3n) is 3.60. The fraction of sp³-hybridized carbons (Fsp3) is 0.929. The molecule has 0 aliphatic heterocycles. The van der Waals surface area contributed by atoms with Crippen molar-refractivity contribution in [2.24, 2.45) is 5.41 Å². The summed E-state index contributed by atoms with van der Waals surface area (Å²) in [5, 5.41) is 7.01. The fourth-order valence-corrected chi connectivity index (χ4v) is 4.12. The Bertz CT molecular complexity index is 269. The first-order valence-electron chi connectivity index (χ1n) is 7.10. The minimum Gasteiger partial charge on any atom is -0.356 e. The van der Waals surface area contributed by atoms with Crippen LogP contribution in [-0.4, -0.2) is 36.0 Å². The molecule has 0 aromatic rings. The molecule has 2 unspecified atom stereocenters. The number of thioether (sulfide) groups is 1. The highest BCUT2D eigenvalue weighted by Gasteiger charge is 2.34. The molecule has 1 rings (SSSR count). The number of carbonyl (C=O) groups excluding carboxylic acids is 1. The molecule has 0 bridgehead atoms. The topological polar surface area (TPSA) is 41.1 Å². The van der Waals surface area contributed by atoms with Crippen LogP contribution in [0.5, 0.6) is 0 Å². The van der Waals surface area contributed by atoms with Gasteiger partial charge in [-0.05, 0) is 38.1 Å². The second-order valence-corrected chi connectivity index (χ2v) is 7.10. The number of rotatable bonds is 6. The molecular weight excluding hydrogens is 244 g/mol. The van der Waals surface area contributed by atoms with Crippen LogP contribution in [0.25, 0.3) is 0 Å². The number of hydrogen-bond donors (Lipinski definition) is 2. The van der Waals surface area contributed by atoms with Gasteiger partial charge in [-0.1, -0.05) is 20.8 Å². The van der Waals surface area contributed by atoms with E-state index in [1.54, 1.807) is 0 Å². The molecular formula is C14H28N2OS. The molecule has 1 fully saturated rings. The normalized spacial score (nSPS) is 26.9. The van der Waals surface area contributed by atoms with Crippen molar-refractivity contribution in [2.75, 3.05) is 18.8 Å². The van der Waals surface area contributed by atoms with Crippen molar-refractivity contribution in [3.8, 4) is 0 Å². The average molecular weight is 272 g/mol. The monoisotopic (exact) mass is 272 g/mol. The Balaban J connectivity index is 2.48. The van der Waals surface area contributed by atoms with Crippen LogP contribution in [0.2, 0.25) is 0 Å². The summed E-state index contributed by atoms with van der Waals surface area (Å²) in [5.74, 6) is 0.761. The Hall–Kier alpha value is -0.220. The minimum atomic E-state index is 0.168. The Morgan fingerprint density at radius 2 is 2.06 bits per heavy atom. The molecule has 1 aliphatic carbocycles. The highest BCUT2D eigenvalue weighted by Crippen LogP contribution is 2.40. The van der Waals surface area contributed by atoms with Gasteiger partial charge in [0.2, 0.25) is 5.91 Å². The number of amides is 1. The summed E-state index contributed by atoms with van der Waals surface area (Å²) >= 11 is 1.82. The van der Waals surface area contributed by atoms with Crippen molar-refractivity contribution in [1.82, 2.24) is 10.6 Å². The van der Waals surface area contributed by atoms with E-state index in [2.05, 4.69) is 31.4 Å². The fourth-order valence-electron chi connectivity index (χ4n) is 2.62. The van der Waals surface area contributed by atoms with Crippen LogP contribution >= 0.6 is 11.8 Å². The van der Waals surface area contributed by atoms with Gasteiger partial charge < -0.3 is 10.6 Å². The highest BCUT2D eigenvalue weighted by molar-refractivity contribution is 8.00. The quantitative estimate of drug-likeness (QED) is 0.780. The summed E-state index contributed by atoms with van der Waals surface area (Å²) in [5.41, 5.74) is 0.421. The first-order valence-corrected chi connectivity index (χ1v) is 8.15. The van der Waals surface area contributed by atoms with Crippen LogP contribution in [-0.2, 0) is 4.79 Å². The molecule has 0 heterocycles. The van der Waals surface area contributed by atoms with Gasteiger partial charge in [0.05, 0.1) is 5.75 Å². The zero-order valence-electron chi connectivity index (χ0n) is 12.2. The van der Waals surface area contributed by atoms with Crippen LogP contribution in [0.4, 0.5) is 0 Å². The van der Waals surface area contributed by atoms with Gasteiger partial charge in [0.25, 0.3) is 0 Å². The standard InChI is InChI=1S/C14H28N2OS/c1-5-15-11-7-8-14(3,4)9-12(11)18-10-13(17)16-6-2/h11-12,15H,5-10H2,1-4H3,(H,16,17). The van der Waals surface area contributed by atoms with E-state index < -0.39 is 0 Å². The van der Waals surface area contributed by atoms with Crippen LogP contribution in [0, 0.1) is 5.41 Å². The average Bonchev–Trinajstić information content (AvgIpc) is 2.30. The Kier molecular flexibility index (Phi) is 6.50. The summed E-state index contributed by atoms with van der Waals surface area (Å²) in [4.78, 5) is 11.6. The largest absolute Gasteiger partial charge is 0.356 e. The lowest BCUT2D eigenvalue weighted by Gasteiger charge is -2.40. The molecule has 0 saturated heterocycles. The van der Waals surface area contributed by atoms with Gasteiger partial charge in [0, 0.05) is 17.8 Å². The maximum Gasteiger partial charge on any atom is 0.229 e. The van der Waals surface area contributed by atoms with E-state index >= 15 is 0 Å². The lowest BCUT2D eigenvalue weighted by molar-refractivity contribution is -0.118. The highest BCUT2D eigenvalue weighted by atomic mass is 32.2. The second-order valence-electron chi connectivity index (χ2n) is 5.87. The number of hydrogen-bond acceptors (Lipinski definition) is 3. The van der Waals surface area contributed by atoms with E-state index in [4.69, 9.17) is 0 Å². The zero-order chi connectivity index (χ0) is 13.6. The van der Waals surface area contributed by atoms with E-state index in [1.807, 2.05) is 18.7 Å². The minimum absolute atomic E-state index is 0.168. The summed E-state index contributed by atoms with van der Waals surface area (Å²) < 4.78 is 0. The van der Waals surface area contributed by atoms with Crippen molar-refractivity contribution in [3.05, 3.63) is 0 Å². The Morgan fingerprint density at radius 3 is 2.67 bits per heavy atom. The third kappa shape index (κ3) is 5.19. The van der Waals surface area contributed by atoms with Crippen LogP contribution in [0.15, 0.2) is 0 Å². The van der Waals surface area contributed by atoms with Gasteiger partial charge in [-0.15, -0.1) is 11.8 Å². The molecule has 2 atom stereocenters. The predicted octanol–water partition coefficient (Wildman–Crippen LogP) is 2.41. The Morgan fingerprint density at radius 1 is 1.33 bits per heavy atom. The molecule has 2 N–H and O–H groups in total. The maximum absolute atomic E-state index is 11.6. The molecule has 3 nitrogen and oxygen atoms in total. The summed E-state index contributed by atoms with van der Waals surface area (Å²) in [6.07, 6.45) is 3.71. The van der Waals surface area contributed by atoms with Gasteiger partial charge in [-0.25, -0.2) is 0 Å². The molecule has 0 spiro atoms. The van der Waals surface area contributed by atoms with E-state index in [9.17, 15) is 4.79 Å². The first-order chi connectivity index (χ1) is 8.48. The van der Waals surface area contributed by atoms with Gasteiger partial charge in [-0.2, -0.15) is 0 Å². The Labute approximate surface area is 116 Å². The molecule has 1 saturated carbocycles. The van der Waals surface area contributed by atoms with Gasteiger partial charge in [0.15, 0.2) is 0 Å². The summed E-state index contributed by atoms with van der Waals surface area (Å²) in [6.45, 7) is 10.6. The van der Waals surface area contributed by atoms with Crippen LogP contribution in [0.3, 0.4) is 0 Å². The van der Waals surface area contributed by atoms with Crippen molar-refractivity contribution < 1.29 is 4.79 Å². The van der Waals surface area contributed by atoms with Crippen molar-refractivity contribution >= 4 is 17.7 Å². The predicted molar refractivity (Wildman–Crippen MR) is 80.0 cm³/mol. The summed E-state index contributed by atoms with van der Waals surface area (Å²) in [7, 11) is 0. The molecule has 4 heteroatoms. The second kappa shape index (κ2) is 7.39. The summed E-state index contributed by atoms with van der Waals surface area (Å²) in [6, 6.07) is 0.572. The van der Waals surface area contributed by atoms with Crippen molar-refractivity contribution in [2.45, 2.75) is 58.2 Å². The van der Waals surface area contributed by atoms with Crippen LogP contribution in [0.1, 0.15) is 47.0 Å². The van der Waals surface area contributed by atoms with E-state index in [0.717, 1.165) is 13.1 Å². The molecule has 0 aromatic heterocycles. The van der Waals surface area contributed by atoms with Crippen molar-refractivity contribution in [1.29, 1.82) is 0 Å². The lowest BCUT2D eigenvalue weighted by Crippen LogP contribution is -2.45. The SMILES string of the molecule is CCNC(=O)CSC1CC(C)(C)CCC1NCC. The molecule has 0 aromatic carbocycles. The van der Waals surface area contributed by atoms with Crippen molar-refractivity contribution in [3.63, 3.8) is 0 Å². The molecule has 18 heavy (non-hydrogen) atoms.